The van der Waals surface area contributed by atoms with Crippen LogP contribution in [0.3, 0.4) is 0 Å². The number of likely N-dealkylation sites (tertiary alicyclic amines) is 1. The van der Waals surface area contributed by atoms with Gasteiger partial charge in [0.15, 0.2) is 0 Å². The van der Waals surface area contributed by atoms with Crippen molar-refractivity contribution >= 4 is 10.0 Å². The van der Waals surface area contributed by atoms with Crippen molar-refractivity contribution in [3.8, 4) is 0 Å². The quantitative estimate of drug-likeness (QED) is 0.255. The first-order valence-corrected chi connectivity index (χ1v) is 15.0. The maximum Gasteiger partial charge on any atom is 0.416 e. The molecule has 0 unspecified atom stereocenters. The Labute approximate surface area is 236 Å². The molecule has 3 aromatic carbocycles. The molecule has 1 saturated carbocycles. The number of rotatable bonds is 10. The van der Waals surface area contributed by atoms with Crippen molar-refractivity contribution in [1.29, 1.82) is 0 Å². The largest absolute Gasteiger partial charge is 0.416 e. The smallest absolute Gasteiger partial charge is 0.367 e. The van der Waals surface area contributed by atoms with E-state index in [-0.39, 0.29) is 28.6 Å². The Morgan fingerprint density at radius 1 is 0.829 bits per heavy atom. The second kappa shape index (κ2) is 12.2. The first-order valence-electron chi connectivity index (χ1n) is 13.6. The zero-order chi connectivity index (χ0) is 29.2. The van der Waals surface area contributed by atoms with Crippen molar-refractivity contribution in [2.75, 3.05) is 26.2 Å². The molecule has 0 radical (unpaired) electrons. The predicted octanol–water partition coefficient (Wildman–Crippen LogP) is 6.41. The highest BCUT2D eigenvalue weighted by Gasteiger charge is 2.44. The molecule has 11 heteroatoms. The molecule has 0 N–H and O–H groups in total. The fraction of sp³-hybridized carbons (Fsp3) is 0.400. The molecule has 0 atom stereocenters. The zero-order valence-corrected chi connectivity index (χ0v) is 23.1. The molecule has 220 valence electrons. The maximum atomic E-state index is 13.5. The van der Waals surface area contributed by atoms with Gasteiger partial charge >= 0.3 is 6.18 Å². The van der Waals surface area contributed by atoms with E-state index in [4.69, 9.17) is 4.74 Å². The monoisotopic (exact) mass is 594 g/mol. The van der Waals surface area contributed by atoms with Gasteiger partial charge in [-0.15, -0.1) is 0 Å². The summed E-state index contributed by atoms with van der Waals surface area (Å²) in [5.74, 6) is -0.741. The van der Waals surface area contributed by atoms with E-state index in [1.54, 1.807) is 24.3 Å². The number of ether oxygens (including phenoxy) is 1. The van der Waals surface area contributed by atoms with Crippen LogP contribution >= 0.6 is 0 Å². The number of sulfonamides is 1. The second-order valence-corrected chi connectivity index (χ2v) is 12.4. The Bertz CT molecular complexity index is 1370. The molecule has 0 spiro atoms. The minimum absolute atomic E-state index is 0.193. The van der Waals surface area contributed by atoms with E-state index in [1.165, 1.54) is 34.6 Å². The van der Waals surface area contributed by atoms with Crippen LogP contribution in [0.15, 0.2) is 77.7 Å². The van der Waals surface area contributed by atoms with Crippen LogP contribution in [0.5, 0.6) is 0 Å². The highest BCUT2D eigenvalue weighted by molar-refractivity contribution is 7.89. The van der Waals surface area contributed by atoms with E-state index in [9.17, 15) is 30.4 Å². The summed E-state index contributed by atoms with van der Waals surface area (Å²) in [4.78, 5) is 1.83. The Kier molecular flexibility index (Phi) is 8.79. The van der Waals surface area contributed by atoms with E-state index < -0.39 is 27.9 Å². The highest BCUT2D eigenvalue weighted by Crippen LogP contribution is 2.38. The minimum Gasteiger partial charge on any atom is -0.367 e. The second-order valence-electron chi connectivity index (χ2n) is 10.5. The third-order valence-corrected chi connectivity index (χ3v) is 9.60. The van der Waals surface area contributed by atoms with E-state index in [0.29, 0.717) is 51.9 Å². The molecular formula is C30H31F5N2O3S. The molecule has 1 saturated heterocycles. The lowest BCUT2D eigenvalue weighted by Crippen LogP contribution is -2.48. The van der Waals surface area contributed by atoms with Gasteiger partial charge in [-0.2, -0.15) is 17.5 Å². The van der Waals surface area contributed by atoms with Crippen LogP contribution in [0.2, 0.25) is 0 Å². The molecule has 0 aromatic heterocycles. The summed E-state index contributed by atoms with van der Waals surface area (Å²) in [6.07, 6.45) is -2.66. The van der Waals surface area contributed by atoms with E-state index >= 15 is 0 Å². The minimum atomic E-state index is -4.63. The van der Waals surface area contributed by atoms with Crippen LogP contribution in [-0.2, 0) is 20.9 Å². The SMILES string of the molecule is O=S(=O)(c1cccc(C(F)(F)F)c1)N(C1CC1)C1CCN(CCOC(c2ccc(F)cc2)c2ccc(F)cc2)CC1. The van der Waals surface area contributed by atoms with Gasteiger partial charge in [0, 0.05) is 18.6 Å². The zero-order valence-electron chi connectivity index (χ0n) is 22.2. The first-order chi connectivity index (χ1) is 19.5. The summed E-state index contributed by atoms with van der Waals surface area (Å²) in [6, 6.07) is 15.4. The molecule has 0 amide bonds. The topological polar surface area (TPSA) is 49.9 Å². The number of alkyl halides is 3. The van der Waals surface area contributed by atoms with Gasteiger partial charge in [-0.3, -0.25) is 0 Å². The van der Waals surface area contributed by atoms with Crippen LogP contribution in [0, 0.1) is 11.6 Å². The van der Waals surface area contributed by atoms with Gasteiger partial charge in [0.2, 0.25) is 10.0 Å². The number of piperidine rings is 1. The number of hydrogen-bond donors (Lipinski definition) is 0. The van der Waals surface area contributed by atoms with Crippen molar-refractivity contribution in [3.05, 3.63) is 101 Å². The Hall–Kier alpha value is -2.86. The highest BCUT2D eigenvalue weighted by atomic mass is 32.2. The lowest BCUT2D eigenvalue weighted by atomic mass is 10.0. The summed E-state index contributed by atoms with van der Waals surface area (Å²) in [7, 11) is -4.10. The summed E-state index contributed by atoms with van der Waals surface area (Å²) < 4.78 is 101. The Balaban J connectivity index is 1.21. The molecule has 3 aromatic rings. The number of benzene rings is 3. The first kappa shape index (κ1) is 29.6. The molecule has 41 heavy (non-hydrogen) atoms. The van der Waals surface area contributed by atoms with Crippen LogP contribution in [0.25, 0.3) is 0 Å². The molecule has 2 aliphatic rings. The summed E-state index contributed by atoms with van der Waals surface area (Å²) in [5.41, 5.74) is 0.483. The molecule has 1 heterocycles. The lowest BCUT2D eigenvalue weighted by Gasteiger charge is -2.38. The van der Waals surface area contributed by atoms with Crippen molar-refractivity contribution < 1.29 is 35.1 Å². The van der Waals surface area contributed by atoms with Gasteiger partial charge < -0.3 is 9.64 Å². The van der Waals surface area contributed by atoms with Crippen molar-refractivity contribution in [2.45, 2.75) is 54.9 Å². The van der Waals surface area contributed by atoms with Gasteiger partial charge in [-0.1, -0.05) is 30.3 Å². The van der Waals surface area contributed by atoms with Crippen molar-refractivity contribution in [3.63, 3.8) is 0 Å². The van der Waals surface area contributed by atoms with Gasteiger partial charge in [-0.25, -0.2) is 17.2 Å². The van der Waals surface area contributed by atoms with Gasteiger partial charge in [0.25, 0.3) is 0 Å². The molecule has 1 aliphatic carbocycles. The molecule has 1 aliphatic heterocycles. The number of nitrogens with zero attached hydrogens (tertiary/aromatic N) is 2. The fourth-order valence-corrected chi connectivity index (χ4v) is 7.31. The van der Waals surface area contributed by atoms with Crippen LogP contribution in [0.1, 0.15) is 48.5 Å². The number of hydrogen-bond acceptors (Lipinski definition) is 4. The third-order valence-electron chi connectivity index (χ3n) is 7.60. The standard InChI is InChI=1S/C30H31F5N2O3S/c31-24-8-4-21(5-9-24)29(22-6-10-25(32)11-7-22)40-19-18-36-16-14-27(15-17-36)37(26-12-13-26)41(38,39)28-3-1-2-23(20-28)30(33,34)35/h1-11,20,26-27,29H,12-19H2. The average molecular weight is 595 g/mol. The maximum absolute atomic E-state index is 13.5. The van der Waals surface area contributed by atoms with Crippen LogP contribution < -0.4 is 0 Å². The van der Waals surface area contributed by atoms with Crippen LogP contribution in [0.4, 0.5) is 22.0 Å². The van der Waals surface area contributed by atoms with Crippen molar-refractivity contribution in [2.24, 2.45) is 0 Å². The van der Waals surface area contributed by atoms with E-state index in [0.717, 1.165) is 29.3 Å². The fourth-order valence-electron chi connectivity index (χ4n) is 5.33. The lowest BCUT2D eigenvalue weighted by molar-refractivity contribution is -0.137. The third kappa shape index (κ3) is 7.14. The Morgan fingerprint density at radius 2 is 1.37 bits per heavy atom. The summed E-state index contributed by atoms with van der Waals surface area (Å²) >= 11 is 0. The Morgan fingerprint density at radius 3 is 1.88 bits per heavy atom. The van der Waals surface area contributed by atoms with Gasteiger partial charge in [-0.05, 0) is 92.4 Å². The van der Waals surface area contributed by atoms with Crippen LogP contribution in [-0.4, -0.2) is 55.9 Å². The van der Waals surface area contributed by atoms with Gasteiger partial charge in [0.05, 0.1) is 17.1 Å². The molecule has 5 nitrogen and oxygen atoms in total. The van der Waals surface area contributed by atoms with Crippen molar-refractivity contribution in [1.82, 2.24) is 9.21 Å². The molecule has 2 fully saturated rings. The molecular weight excluding hydrogens is 563 g/mol. The number of halogens is 5. The summed E-state index contributed by atoms with van der Waals surface area (Å²) in [5, 5.41) is 0. The van der Waals surface area contributed by atoms with E-state index in [2.05, 4.69) is 4.90 Å². The molecule has 0 bridgehead atoms. The summed E-state index contributed by atoms with van der Waals surface area (Å²) in [6.45, 7) is 2.11. The predicted molar refractivity (Wildman–Crippen MR) is 144 cm³/mol. The normalized spacial score (nSPS) is 17.4. The van der Waals surface area contributed by atoms with Gasteiger partial charge in [0.1, 0.15) is 17.7 Å². The molecule has 5 rings (SSSR count). The average Bonchev–Trinajstić information content (AvgIpc) is 3.78. The van der Waals surface area contributed by atoms with E-state index in [1.807, 2.05) is 0 Å².